The zero-order chi connectivity index (χ0) is 16.6. The summed E-state index contributed by atoms with van der Waals surface area (Å²) in [6.45, 7) is 2.09. The van der Waals surface area contributed by atoms with Gasteiger partial charge in [-0.3, -0.25) is 0 Å². The van der Waals surface area contributed by atoms with Crippen LogP contribution in [-0.4, -0.2) is 0 Å². The second-order valence-corrected chi connectivity index (χ2v) is 6.13. The lowest BCUT2D eigenvalue weighted by Crippen LogP contribution is -2.17. The normalized spacial score (nSPS) is 20.4. The lowest BCUT2D eigenvalue weighted by atomic mass is 9.78. The maximum atomic E-state index is 14.9. The van der Waals surface area contributed by atoms with Gasteiger partial charge in [0.1, 0.15) is 6.17 Å². The number of hydrogen-bond acceptors (Lipinski definition) is 0. The molecular formula is C19H18F4. The Bertz CT molecular complexity index is 700. The molecule has 122 valence electrons. The zero-order valence-corrected chi connectivity index (χ0v) is 12.9. The van der Waals surface area contributed by atoms with Gasteiger partial charge in [-0.15, -0.1) is 0 Å². The van der Waals surface area contributed by atoms with Gasteiger partial charge in [0.15, 0.2) is 17.5 Å². The molecule has 0 saturated carbocycles. The average Bonchev–Trinajstić information content (AvgIpc) is 2.53. The van der Waals surface area contributed by atoms with Gasteiger partial charge in [-0.1, -0.05) is 31.5 Å². The van der Waals surface area contributed by atoms with Crippen molar-refractivity contribution in [1.29, 1.82) is 0 Å². The van der Waals surface area contributed by atoms with Gasteiger partial charge in [0.2, 0.25) is 0 Å². The first kappa shape index (κ1) is 16.0. The Balaban J connectivity index is 1.93. The van der Waals surface area contributed by atoms with Crippen molar-refractivity contribution in [2.45, 2.75) is 44.7 Å². The lowest BCUT2D eigenvalue weighted by molar-refractivity contribution is 0.261. The van der Waals surface area contributed by atoms with Gasteiger partial charge in [-0.05, 0) is 53.6 Å². The van der Waals surface area contributed by atoms with E-state index in [0.29, 0.717) is 18.4 Å². The summed E-state index contributed by atoms with van der Waals surface area (Å²) < 4.78 is 54.8. The third-order valence-electron chi connectivity index (χ3n) is 4.56. The van der Waals surface area contributed by atoms with Crippen LogP contribution in [-0.2, 0) is 12.8 Å². The van der Waals surface area contributed by atoms with Gasteiger partial charge >= 0.3 is 0 Å². The Morgan fingerprint density at radius 3 is 2.39 bits per heavy atom. The molecule has 2 atom stereocenters. The van der Waals surface area contributed by atoms with Crippen LogP contribution in [0.15, 0.2) is 30.3 Å². The smallest absolute Gasteiger partial charge is 0.194 e. The van der Waals surface area contributed by atoms with E-state index in [1.54, 1.807) is 6.07 Å². The summed E-state index contributed by atoms with van der Waals surface area (Å²) in [6, 6.07) is 7.52. The Labute approximate surface area is 133 Å². The van der Waals surface area contributed by atoms with Gasteiger partial charge in [0.05, 0.1) is 0 Å². The summed E-state index contributed by atoms with van der Waals surface area (Å²) in [5.41, 5.74) is 2.89. The summed E-state index contributed by atoms with van der Waals surface area (Å²) in [4.78, 5) is 0. The molecule has 0 heterocycles. The zero-order valence-electron chi connectivity index (χ0n) is 12.9. The minimum atomic E-state index is -1.51. The van der Waals surface area contributed by atoms with Gasteiger partial charge in [-0.2, -0.15) is 0 Å². The van der Waals surface area contributed by atoms with Crippen molar-refractivity contribution in [1.82, 2.24) is 0 Å². The van der Waals surface area contributed by atoms with Crippen LogP contribution in [0.4, 0.5) is 17.6 Å². The maximum absolute atomic E-state index is 14.9. The first-order valence-corrected chi connectivity index (χ1v) is 7.91. The van der Waals surface area contributed by atoms with E-state index < -0.39 is 29.5 Å². The number of halogens is 4. The quantitative estimate of drug-likeness (QED) is 0.495. The predicted octanol–water partition coefficient (Wildman–Crippen LogP) is 5.80. The van der Waals surface area contributed by atoms with Gasteiger partial charge in [-0.25, -0.2) is 17.6 Å². The third-order valence-corrected chi connectivity index (χ3v) is 4.56. The minimum Gasteiger partial charge on any atom is -0.242 e. The summed E-state index contributed by atoms with van der Waals surface area (Å²) in [6.07, 6.45) is 1.74. The van der Waals surface area contributed by atoms with E-state index in [2.05, 4.69) is 6.92 Å². The van der Waals surface area contributed by atoms with Crippen LogP contribution in [0.2, 0.25) is 0 Å². The van der Waals surface area contributed by atoms with Crippen LogP contribution in [0.1, 0.15) is 54.1 Å². The molecule has 0 saturated heterocycles. The number of benzene rings is 2. The largest absolute Gasteiger partial charge is 0.242 e. The first-order chi connectivity index (χ1) is 11.0. The number of rotatable bonds is 3. The van der Waals surface area contributed by atoms with Crippen LogP contribution in [0.25, 0.3) is 0 Å². The molecule has 0 fully saturated rings. The molecule has 2 aromatic carbocycles. The topological polar surface area (TPSA) is 0 Å². The molecule has 0 amide bonds. The number of alkyl halides is 1. The van der Waals surface area contributed by atoms with Crippen LogP contribution in [0.5, 0.6) is 0 Å². The van der Waals surface area contributed by atoms with Crippen molar-refractivity contribution in [3.8, 4) is 0 Å². The Morgan fingerprint density at radius 1 is 1.04 bits per heavy atom. The third kappa shape index (κ3) is 2.99. The van der Waals surface area contributed by atoms with E-state index in [9.17, 15) is 17.6 Å². The molecular weight excluding hydrogens is 304 g/mol. The molecule has 1 aliphatic carbocycles. The molecule has 2 unspecified atom stereocenters. The number of hydrogen-bond donors (Lipinski definition) is 0. The van der Waals surface area contributed by atoms with Gasteiger partial charge < -0.3 is 0 Å². The van der Waals surface area contributed by atoms with Crippen molar-refractivity contribution in [2.75, 3.05) is 0 Å². The summed E-state index contributed by atoms with van der Waals surface area (Å²) in [5.74, 6) is -4.69. The van der Waals surface area contributed by atoms with Crippen LogP contribution in [0, 0.1) is 17.5 Å². The molecule has 0 spiro atoms. The van der Waals surface area contributed by atoms with E-state index in [4.69, 9.17) is 0 Å². The van der Waals surface area contributed by atoms with Crippen molar-refractivity contribution < 1.29 is 17.6 Å². The molecule has 4 heteroatoms. The maximum Gasteiger partial charge on any atom is 0.194 e. The highest BCUT2D eigenvalue weighted by molar-refractivity contribution is 5.39. The fraction of sp³-hybridized carbons (Fsp3) is 0.368. The number of aryl methyl sites for hydroxylation is 2. The molecule has 0 aliphatic heterocycles. The molecule has 23 heavy (non-hydrogen) atoms. The van der Waals surface area contributed by atoms with E-state index in [1.165, 1.54) is 5.56 Å². The van der Waals surface area contributed by atoms with Crippen LogP contribution >= 0.6 is 0 Å². The van der Waals surface area contributed by atoms with E-state index in [0.717, 1.165) is 30.5 Å². The molecule has 0 radical (unpaired) electrons. The molecule has 1 aliphatic rings. The fourth-order valence-corrected chi connectivity index (χ4v) is 3.39. The summed E-state index contributed by atoms with van der Waals surface area (Å²) >= 11 is 0. The van der Waals surface area contributed by atoms with Gasteiger partial charge in [0.25, 0.3) is 0 Å². The lowest BCUT2D eigenvalue weighted by Gasteiger charge is -2.29. The molecule has 0 nitrogen and oxygen atoms in total. The Morgan fingerprint density at radius 2 is 1.74 bits per heavy atom. The monoisotopic (exact) mass is 322 g/mol. The highest BCUT2D eigenvalue weighted by Gasteiger charge is 2.32. The fourth-order valence-electron chi connectivity index (χ4n) is 3.39. The Hall–Kier alpha value is -1.84. The van der Waals surface area contributed by atoms with Crippen molar-refractivity contribution in [3.63, 3.8) is 0 Å². The molecule has 0 aromatic heterocycles. The highest BCUT2D eigenvalue weighted by Crippen LogP contribution is 2.44. The van der Waals surface area contributed by atoms with Crippen molar-refractivity contribution in [3.05, 3.63) is 70.0 Å². The number of fused-ring (bicyclic) bond motifs is 1. The highest BCUT2D eigenvalue weighted by atomic mass is 19.2. The standard InChI is InChI=1S/C19H18F4/c1-2-3-11-4-6-14-12(8-11)5-7-15(18(14)22)13-9-16(20)19(23)17(21)10-13/h4,6,8-10,15,18H,2-3,5,7H2,1H3. The summed E-state index contributed by atoms with van der Waals surface area (Å²) in [5, 5.41) is 0. The minimum absolute atomic E-state index is 0.178. The van der Waals surface area contributed by atoms with Crippen molar-refractivity contribution >= 4 is 0 Å². The van der Waals surface area contributed by atoms with E-state index in [1.807, 2.05) is 12.1 Å². The molecule has 2 aromatic rings. The van der Waals surface area contributed by atoms with Gasteiger partial charge in [0, 0.05) is 5.92 Å². The SMILES string of the molecule is CCCc1ccc2c(c1)CCC(c1cc(F)c(F)c(F)c1)C2F. The molecule has 3 rings (SSSR count). The average molecular weight is 322 g/mol. The van der Waals surface area contributed by atoms with Crippen molar-refractivity contribution in [2.24, 2.45) is 0 Å². The van der Waals surface area contributed by atoms with E-state index in [-0.39, 0.29) is 5.56 Å². The van der Waals surface area contributed by atoms with E-state index >= 15 is 0 Å². The van der Waals surface area contributed by atoms with Crippen LogP contribution in [0.3, 0.4) is 0 Å². The van der Waals surface area contributed by atoms with Crippen LogP contribution < -0.4 is 0 Å². The first-order valence-electron chi connectivity index (χ1n) is 7.91. The molecule has 0 bridgehead atoms. The Kier molecular flexibility index (Phi) is 4.42. The second-order valence-electron chi connectivity index (χ2n) is 6.13. The predicted molar refractivity (Wildman–Crippen MR) is 81.7 cm³/mol. The molecule has 0 N–H and O–H groups in total. The summed E-state index contributed by atoms with van der Waals surface area (Å²) in [7, 11) is 0. The second kappa shape index (κ2) is 6.34.